The Labute approximate surface area is 248 Å². The second kappa shape index (κ2) is 15.2. The van der Waals surface area contributed by atoms with Gasteiger partial charge in [0.15, 0.2) is 11.5 Å². The Morgan fingerprint density at radius 1 is 0.881 bits per heavy atom. The van der Waals surface area contributed by atoms with Crippen molar-refractivity contribution in [1.29, 1.82) is 0 Å². The highest BCUT2D eigenvalue weighted by atomic mass is 16.5. The maximum atomic E-state index is 13.4. The summed E-state index contributed by atoms with van der Waals surface area (Å²) in [6.07, 6.45) is 9.12. The maximum Gasteiger partial charge on any atom is 0.251 e. The number of benzene rings is 2. The fourth-order valence-corrected chi connectivity index (χ4v) is 5.43. The van der Waals surface area contributed by atoms with E-state index in [0.717, 1.165) is 67.6 Å². The van der Waals surface area contributed by atoms with Crippen molar-refractivity contribution >= 4 is 17.5 Å². The summed E-state index contributed by atoms with van der Waals surface area (Å²) in [5, 5.41) is 3.02. The normalized spacial score (nSPS) is 14.6. The van der Waals surface area contributed by atoms with Crippen molar-refractivity contribution < 1.29 is 23.8 Å². The Morgan fingerprint density at radius 3 is 2.24 bits per heavy atom. The molecule has 1 aliphatic rings. The summed E-state index contributed by atoms with van der Waals surface area (Å²) in [4.78, 5) is 34.7. The number of anilines is 1. The van der Waals surface area contributed by atoms with E-state index in [9.17, 15) is 9.59 Å². The number of carbonyl (C=O) groups excluding carboxylic acids is 2. The van der Waals surface area contributed by atoms with Gasteiger partial charge in [-0.25, -0.2) is 0 Å². The van der Waals surface area contributed by atoms with Gasteiger partial charge in [-0.15, -0.1) is 0 Å². The molecule has 2 heterocycles. The van der Waals surface area contributed by atoms with Crippen LogP contribution in [-0.4, -0.2) is 56.1 Å². The molecule has 0 saturated carbocycles. The highest BCUT2D eigenvalue weighted by Gasteiger charge is 2.21. The van der Waals surface area contributed by atoms with Crippen LogP contribution in [0.2, 0.25) is 0 Å². The number of rotatable bonds is 8. The van der Waals surface area contributed by atoms with Gasteiger partial charge < -0.3 is 24.4 Å². The number of nitrogens with one attached hydrogen (secondary N) is 1. The van der Waals surface area contributed by atoms with Crippen molar-refractivity contribution in [1.82, 2.24) is 15.2 Å². The number of methoxy groups -OCH3 is 3. The Bertz CT molecular complexity index is 1320. The molecule has 0 atom stereocenters. The lowest BCUT2D eigenvalue weighted by atomic mass is 10.0. The minimum atomic E-state index is -0.203. The average Bonchev–Trinajstić information content (AvgIpc) is 3.00. The van der Waals surface area contributed by atoms with Gasteiger partial charge in [0.1, 0.15) is 0 Å². The number of aromatic nitrogens is 1. The van der Waals surface area contributed by atoms with Crippen molar-refractivity contribution in [3.8, 4) is 17.2 Å². The van der Waals surface area contributed by atoms with Crippen LogP contribution in [0.4, 0.5) is 5.69 Å². The molecule has 42 heavy (non-hydrogen) atoms. The molecule has 2 aromatic carbocycles. The Balaban J connectivity index is 1.61. The largest absolute Gasteiger partial charge is 0.493 e. The molecule has 0 saturated heterocycles. The van der Waals surface area contributed by atoms with E-state index in [4.69, 9.17) is 14.2 Å². The zero-order chi connectivity index (χ0) is 29.9. The first-order chi connectivity index (χ1) is 20.4. The topological polar surface area (TPSA) is 93.2 Å². The molecule has 1 aliphatic heterocycles. The molecule has 0 unspecified atom stereocenters. The number of pyridine rings is 1. The number of amides is 2. The van der Waals surface area contributed by atoms with Crippen LogP contribution >= 0.6 is 0 Å². The van der Waals surface area contributed by atoms with Gasteiger partial charge in [-0.2, -0.15) is 0 Å². The van der Waals surface area contributed by atoms with E-state index >= 15 is 0 Å². The van der Waals surface area contributed by atoms with Gasteiger partial charge in [0.05, 0.1) is 21.3 Å². The lowest BCUT2D eigenvalue weighted by Crippen LogP contribution is -2.33. The molecular weight excluding hydrogens is 532 g/mol. The van der Waals surface area contributed by atoms with Crippen LogP contribution in [0.3, 0.4) is 0 Å². The number of fused-ring (bicyclic) bond motifs is 1. The fraction of sp³-hybridized carbons (Fsp3) is 0.424. The van der Waals surface area contributed by atoms with E-state index in [0.29, 0.717) is 35.9 Å². The summed E-state index contributed by atoms with van der Waals surface area (Å²) in [5.41, 5.74) is 4.30. The first-order valence-electron chi connectivity index (χ1n) is 14.5. The number of ether oxygens (including phenoxy) is 3. The van der Waals surface area contributed by atoms with Crippen molar-refractivity contribution in [2.45, 2.75) is 58.7 Å². The maximum absolute atomic E-state index is 13.4. The molecule has 0 aliphatic carbocycles. The van der Waals surface area contributed by atoms with Crippen molar-refractivity contribution in [2.24, 2.45) is 0 Å². The summed E-state index contributed by atoms with van der Waals surface area (Å²) >= 11 is 0. The molecule has 0 radical (unpaired) electrons. The average molecular weight is 575 g/mol. The lowest BCUT2D eigenvalue weighted by Gasteiger charge is -2.29. The third kappa shape index (κ3) is 8.00. The van der Waals surface area contributed by atoms with Crippen LogP contribution in [0.25, 0.3) is 0 Å². The molecular formula is C33H42N4O5. The van der Waals surface area contributed by atoms with Crippen LogP contribution in [0, 0.1) is 0 Å². The highest BCUT2D eigenvalue weighted by Crippen LogP contribution is 2.38. The van der Waals surface area contributed by atoms with Crippen molar-refractivity contribution in [3.05, 3.63) is 77.1 Å². The Morgan fingerprint density at radius 2 is 1.60 bits per heavy atom. The predicted octanol–water partition coefficient (Wildman–Crippen LogP) is 5.36. The van der Waals surface area contributed by atoms with E-state index in [1.807, 2.05) is 41.4 Å². The zero-order valence-corrected chi connectivity index (χ0v) is 25.2. The monoisotopic (exact) mass is 574 g/mol. The van der Waals surface area contributed by atoms with E-state index in [2.05, 4.69) is 21.3 Å². The van der Waals surface area contributed by atoms with E-state index in [-0.39, 0.29) is 18.4 Å². The first-order valence-corrected chi connectivity index (χ1v) is 14.5. The van der Waals surface area contributed by atoms with Crippen LogP contribution in [0.15, 0.2) is 54.9 Å². The molecule has 1 aromatic heterocycles. The summed E-state index contributed by atoms with van der Waals surface area (Å²) < 4.78 is 16.3. The summed E-state index contributed by atoms with van der Waals surface area (Å²) in [6, 6.07) is 13.3. The second-order valence-electron chi connectivity index (χ2n) is 10.6. The molecule has 0 spiro atoms. The quantitative estimate of drug-likeness (QED) is 0.387. The first kappa shape index (κ1) is 30.8. The zero-order valence-electron chi connectivity index (χ0n) is 25.2. The number of carbonyl (C=O) groups is 2. The molecule has 0 bridgehead atoms. The second-order valence-corrected chi connectivity index (χ2v) is 10.6. The SMILES string of the molecule is COc1cc(CNC(=O)c2ccc3c(c2)CN(Cc2cccnc2)CCCCCCCN3C(C)=O)cc(OC)c1OC. The fourth-order valence-electron chi connectivity index (χ4n) is 5.43. The predicted molar refractivity (Wildman–Crippen MR) is 163 cm³/mol. The van der Waals surface area contributed by atoms with Gasteiger partial charge in [0, 0.05) is 56.7 Å². The summed E-state index contributed by atoms with van der Waals surface area (Å²) in [7, 11) is 4.68. The molecule has 3 aromatic rings. The van der Waals surface area contributed by atoms with E-state index in [1.165, 1.54) is 0 Å². The minimum Gasteiger partial charge on any atom is -0.493 e. The molecule has 4 rings (SSSR count). The smallest absolute Gasteiger partial charge is 0.251 e. The van der Waals surface area contributed by atoms with Gasteiger partial charge >= 0.3 is 0 Å². The summed E-state index contributed by atoms with van der Waals surface area (Å²) in [6.45, 7) is 4.83. The molecule has 2 amide bonds. The van der Waals surface area contributed by atoms with Gasteiger partial charge in [-0.3, -0.25) is 19.5 Å². The van der Waals surface area contributed by atoms with E-state index < -0.39 is 0 Å². The van der Waals surface area contributed by atoms with Crippen LogP contribution < -0.4 is 24.4 Å². The summed E-state index contributed by atoms with van der Waals surface area (Å²) in [5.74, 6) is 1.36. The number of hydrogen-bond donors (Lipinski definition) is 1. The van der Waals surface area contributed by atoms with Crippen molar-refractivity contribution in [3.63, 3.8) is 0 Å². The van der Waals surface area contributed by atoms with Crippen molar-refractivity contribution in [2.75, 3.05) is 39.3 Å². The molecule has 9 nitrogen and oxygen atoms in total. The Hall–Kier alpha value is -4.11. The molecule has 9 heteroatoms. The van der Waals surface area contributed by atoms with Gasteiger partial charge in [-0.05, 0) is 72.5 Å². The third-order valence-corrected chi connectivity index (χ3v) is 7.57. The van der Waals surface area contributed by atoms with E-state index in [1.54, 1.807) is 40.5 Å². The van der Waals surface area contributed by atoms with Gasteiger partial charge in [0.25, 0.3) is 5.91 Å². The Kier molecular flexibility index (Phi) is 11.2. The number of nitrogens with zero attached hydrogens (tertiary/aromatic N) is 3. The molecule has 1 N–H and O–H groups in total. The third-order valence-electron chi connectivity index (χ3n) is 7.57. The van der Waals surface area contributed by atoms with Crippen LogP contribution in [0.1, 0.15) is 66.1 Å². The standard InChI is InChI=1S/C33H42N4O5/c1-24(38)37-16-9-7-5-6-8-15-36(22-25-11-10-14-34-20-25)23-28-19-27(12-13-29(28)37)33(39)35-21-26-17-30(40-2)32(42-4)31(18-26)41-3/h10-14,17-20H,5-9,15-16,21-23H2,1-4H3,(H,35,39). The van der Waals surface area contributed by atoms with Crippen LogP contribution in [-0.2, 0) is 24.4 Å². The van der Waals surface area contributed by atoms with Crippen LogP contribution in [0.5, 0.6) is 17.2 Å². The number of hydrogen-bond acceptors (Lipinski definition) is 7. The lowest BCUT2D eigenvalue weighted by molar-refractivity contribution is -0.116. The molecule has 224 valence electrons. The minimum absolute atomic E-state index is 0.00622. The molecule has 0 fully saturated rings. The van der Waals surface area contributed by atoms with Gasteiger partial charge in [-0.1, -0.05) is 25.3 Å². The highest BCUT2D eigenvalue weighted by molar-refractivity contribution is 5.97. The van der Waals surface area contributed by atoms with Gasteiger partial charge in [0.2, 0.25) is 11.7 Å².